The number of benzene rings is 1. The number of hydrogen-bond acceptors (Lipinski definition) is 3. The Morgan fingerprint density at radius 1 is 1.35 bits per heavy atom. The average molecular weight is 244 g/mol. The minimum absolute atomic E-state index is 0.186. The molecule has 0 fully saturated rings. The molecule has 0 aliphatic carbocycles. The van der Waals surface area contributed by atoms with E-state index in [2.05, 4.69) is 4.99 Å². The third-order valence-corrected chi connectivity index (χ3v) is 1.96. The molecular weight excluding hydrogens is 233 g/mol. The van der Waals surface area contributed by atoms with E-state index in [-0.39, 0.29) is 11.3 Å². The first kappa shape index (κ1) is 13.2. The van der Waals surface area contributed by atoms with Crippen LogP contribution in [-0.2, 0) is 12.8 Å². The van der Waals surface area contributed by atoms with Gasteiger partial charge >= 0.3 is 6.18 Å². The highest BCUT2D eigenvalue weighted by molar-refractivity contribution is 5.75. The quantitative estimate of drug-likeness (QED) is 0.802. The molecule has 6 heteroatoms. The van der Waals surface area contributed by atoms with Crippen LogP contribution < -0.4 is 5.73 Å². The molecule has 0 saturated heterocycles. The second kappa shape index (κ2) is 5.49. The van der Waals surface area contributed by atoms with E-state index in [0.29, 0.717) is 0 Å². The molecule has 0 atom stereocenters. The van der Waals surface area contributed by atoms with Crippen LogP contribution in [0.25, 0.3) is 0 Å². The van der Waals surface area contributed by atoms with Gasteiger partial charge in [-0.3, -0.25) is 4.99 Å². The fourth-order valence-corrected chi connectivity index (χ4v) is 1.19. The van der Waals surface area contributed by atoms with Crippen molar-refractivity contribution < 1.29 is 18.3 Å². The van der Waals surface area contributed by atoms with Crippen molar-refractivity contribution in [3.63, 3.8) is 0 Å². The monoisotopic (exact) mass is 244 g/mol. The summed E-state index contributed by atoms with van der Waals surface area (Å²) >= 11 is 0. The molecule has 0 radical (unpaired) electrons. The highest BCUT2D eigenvalue weighted by Crippen LogP contribution is 2.36. The summed E-state index contributed by atoms with van der Waals surface area (Å²) < 4.78 is 38.0. The number of rotatable bonds is 3. The van der Waals surface area contributed by atoms with Crippen LogP contribution in [0.2, 0.25) is 0 Å². The van der Waals surface area contributed by atoms with Gasteiger partial charge in [0.05, 0.1) is 17.9 Å². The number of aliphatic hydroxyl groups is 1. The largest absolute Gasteiger partial charge is 0.418 e. The standard InChI is InChI=1S/C11H11F3N2O/c12-11(13,14)9-6-8(7-17)2-3-10(9)16-5-1-4-15/h1-6,17H,7,15H2. The smallest absolute Gasteiger partial charge is 0.405 e. The minimum Gasteiger partial charge on any atom is -0.405 e. The fourth-order valence-electron chi connectivity index (χ4n) is 1.19. The maximum atomic E-state index is 12.7. The van der Waals surface area contributed by atoms with Crippen LogP contribution in [0.15, 0.2) is 35.5 Å². The highest BCUT2D eigenvalue weighted by Gasteiger charge is 2.33. The molecule has 0 aliphatic rings. The lowest BCUT2D eigenvalue weighted by molar-refractivity contribution is -0.137. The average Bonchev–Trinajstić information content (AvgIpc) is 2.28. The van der Waals surface area contributed by atoms with Gasteiger partial charge in [-0.2, -0.15) is 13.2 Å². The van der Waals surface area contributed by atoms with Gasteiger partial charge in [0.25, 0.3) is 0 Å². The lowest BCUT2D eigenvalue weighted by atomic mass is 10.1. The first-order valence-corrected chi connectivity index (χ1v) is 4.71. The van der Waals surface area contributed by atoms with Crippen molar-refractivity contribution in [2.75, 3.05) is 0 Å². The molecule has 0 aliphatic heterocycles. The van der Waals surface area contributed by atoms with Gasteiger partial charge < -0.3 is 10.8 Å². The Labute approximate surface area is 96.1 Å². The maximum absolute atomic E-state index is 12.7. The van der Waals surface area contributed by atoms with Crippen molar-refractivity contribution in [2.45, 2.75) is 12.8 Å². The Kier molecular flexibility index (Phi) is 4.28. The number of nitrogens with zero attached hydrogens (tertiary/aromatic N) is 1. The van der Waals surface area contributed by atoms with Crippen molar-refractivity contribution in [1.29, 1.82) is 0 Å². The molecule has 92 valence electrons. The Hall–Kier alpha value is -1.82. The third kappa shape index (κ3) is 3.60. The summed E-state index contributed by atoms with van der Waals surface area (Å²) in [6, 6.07) is 3.46. The summed E-state index contributed by atoms with van der Waals surface area (Å²) in [5.74, 6) is 0. The number of aliphatic imine (C=N–C) groups is 1. The van der Waals surface area contributed by atoms with Crippen LogP contribution >= 0.6 is 0 Å². The van der Waals surface area contributed by atoms with Crippen molar-refractivity contribution >= 4 is 11.9 Å². The Morgan fingerprint density at radius 2 is 2.06 bits per heavy atom. The lowest BCUT2D eigenvalue weighted by Gasteiger charge is -2.10. The van der Waals surface area contributed by atoms with Gasteiger partial charge in [0, 0.05) is 6.21 Å². The first-order valence-electron chi connectivity index (χ1n) is 4.71. The number of allylic oxidation sites excluding steroid dienone is 1. The number of nitrogens with two attached hydrogens (primary N) is 1. The summed E-state index contributed by atoms with van der Waals surface area (Å²) in [6.07, 6.45) is -0.855. The molecule has 0 bridgehead atoms. The van der Waals surface area contributed by atoms with Gasteiger partial charge in [-0.05, 0) is 30.0 Å². The summed E-state index contributed by atoms with van der Waals surface area (Å²) in [6.45, 7) is -0.449. The Balaban J connectivity index is 3.20. The molecular formula is C11H11F3N2O. The van der Waals surface area contributed by atoms with Crippen LogP contribution in [0.1, 0.15) is 11.1 Å². The highest BCUT2D eigenvalue weighted by atomic mass is 19.4. The van der Waals surface area contributed by atoms with Gasteiger partial charge in [-0.1, -0.05) is 6.07 Å². The van der Waals surface area contributed by atoms with E-state index in [1.54, 1.807) is 0 Å². The van der Waals surface area contributed by atoms with Gasteiger partial charge in [-0.25, -0.2) is 0 Å². The normalized spacial score (nSPS) is 12.7. The minimum atomic E-state index is -4.51. The topological polar surface area (TPSA) is 58.6 Å². The molecule has 0 heterocycles. The Bertz CT molecular complexity index is 439. The van der Waals surface area contributed by atoms with E-state index in [1.807, 2.05) is 0 Å². The molecule has 1 aromatic carbocycles. The van der Waals surface area contributed by atoms with Crippen LogP contribution in [0.4, 0.5) is 18.9 Å². The zero-order chi connectivity index (χ0) is 12.9. The zero-order valence-electron chi connectivity index (χ0n) is 8.78. The first-order chi connectivity index (χ1) is 7.99. The fraction of sp³-hybridized carbons (Fsp3) is 0.182. The van der Waals surface area contributed by atoms with E-state index >= 15 is 0 Å². The lowest BCUT2D eigenvalue weighted by Crippen LogP contribution is -2.06. The van der Waals surface area contributed by atoms with Crippen molar-refractivity contribution in [1.82, 2.24) is 0 Å². The predicted molar refractivity (Wildman–Crippen MR) is 58.8 cm³/mol. The summed E-state index contributed by atoms with van der Waals surface area (Å²) in [5.41, 5.74) is 4.12. The number of aliphatic hydroxyl groups excluding tert-OH is 1. The van der Waals surface area contributed by atoms with Crippen molar-refractivity contribution in [3.05, 3.63) is 41.6 Å². The van der Waals surface area contributed by atoms with Gasteiger partial charge in [0.15, 0.2) is 0 Å². The summed E-state index contributed by atoms with van der Waals surface area (Å²) in [4.78, 5) is 3.64. The molecule has 0 amide bonds. The van der Waals surface area contributed by atoms with E-state index in [4.69, 9.17) is 10.8 Å². The molecule has 3 N–H and O–H groups in total. The van der Waals surface area contributed by atoms with Crippen molar-refractivity contribution in [3.8, 4) is 0 Å². The molecule has 3 nitrogen and oxygen atoms in total. The number of hydrogen-bond donors (Lipinski definition) is 2. The van der Waals surface area contributed by atoms with Crippen molar-refractivity contribution in [2.24, 2.45) is 10.7 Å². The third-order valence-electron chi connectivity index (χ3n) is 1.96. The van der Waals surface area contributed by atoms with Crippen LogP contribution in [0.3, 0.4) is 0 Å². The van der Waals surface area contributed by atoms with Gasteiger partial charge in [0.1, 0.15) is 0 Å². The molecule has 0 spiro atoms. The number of alkyl halides is 3. The molecule has 1 aromatic rings. The van der Waals surface area contributed by atoms with E-state index in [0.717, 1.165) is 6.07 Å². The SMILES string of the molecule is NC=CC=Nc1ccc(CO)cc1C(F)(F)F. The summed E-state index contributed by atoms with van der Waals surface area (Å²) in [5, 5.41) is 8.80. The predicted octanol–water partition coefficient (Wildman–Crippen LogP) is 2.37. The molecule has 1 rings (SSSR count). The van der Waals surface area contributed by atoms with E-state index < -0.39 is 18.3 Å². The van der Waals surface area contributed by atoms with Gasteiger partial charge in [0.2, 0.25) is 0 Å². The zero-order valence-corrected chi connectivity index (χ0v) is 8.78. The summed E-state index contributed by atoms with van der Waals surface area (Å²) in [7, 11) is 0. The molecule has 0 saturated carbocycles. The maximum Gasteiger partial charge on any atom is 0.418 e. The Morgan fingerprint density at radius 3 is 2.59 bits per heavy atom. The van der Waals surface area contributed by atoms with Crippen LogP contribution in [-0.4, -0.2) is 11.3 Å². The van der Waals surface area contributed by atoms with Crippen LogP contribution in [0.5, 0.6) is 0 Å². The second-order valence-electron chi connectivity index (χ2n) is 3.17. The number of halogens is 3. The van der Waals surface area contributed by atoms with Crippen LogP contribution in [0, 0.1) is 0 Å². The second-order valence-corrected chi connectivity index (χ2v) is 3.17. The van der Waals surface area contributed by atoms with Gasteiger partial charge in [-0.15, -0.1) is 0 Å². The molecule has 0 aromatic heterocycles. The molecule has 17 heavy (non-hydrogen) atoms. The van der Waals surface area contributed by atoms with E-state index in [1.165, 1.54) is 30.6 Å². The molecule has 0 unspecified atom stereocenters. The van der Waals surface area contributed by atoms with E-state index in [9.17, 15) is 13.2 Å².